The predicted molar refractivity (Wildman–Crippen MR) is 91.0 cm³/mol. The van der Waals surface area contributed by atoms with Gasteiger partial charge in [-0.05, 0) is 19.4 Å². The molecule has 2 aromatic rings. The highest BCUT2D eigenvalue weighted by Crippen LogP contribution is 2.27. The second-order valence-electron chi connectivity index (χ2n) is 5.68. The molecule has 0 saturated heterocycles. The molecule has 1 aliphatic heterocycles. The van der Waals surface area contributed by atoms with Crippen molar-refractivity contribution in [3.63, 3.8) is 0 Å². The molecule has 0 fully saturated rings. The van der Waals surface area contributed by atoms with Gasteiger partial charge in [-0.2, -0.15) is 5.10 Å². The second-order valence-corrected chi connectivity index (χ2v) is 5.68. The summed E-state index contributed by atoms with van der Waals surface area (Å²) in [4.78, 5) is 4.63. The van der Waals surface area contributed by atoms with Crippen LogP contribution in [-0.2, 0) is 0 Å². The lowest BCUT2D eigenvalue weighted by molar-refractivity contribution is 0.515. The van der Waals surface area contributed by atoms with Crippen molar-refractivity contribution in [2.24, 2.45) is 15.8 Å². The van der Waals surface area contributed by atoms with E-state index < -0.39 is 0 Å². The molecule has 1 aliphatic rings. The molecule has 0 bridgehead atoms. The van der Waals surface area contributed by atoms with Gasteiger partial charge >= 0.3 is 0 Å². The van der Waals surface area contributed by atoms with Gasteiger partial charge in [0.05, 0.1) is 5.71 Å². The van der Waals surface area contributed by atoms with Gasteiger partial charge in [-0.15, -0.1) is 0 Å². The highest BCUT2D eigenvalue weighted by Gasteiger charge is 2.25. The van der Waals surface area contributed by atoms with Crippen molar-refractivity contribution in [2.75, 3.05) is 7.05 Å². The van der Waals surface area contributed by atoms with Crippen LogP contribution in [0.15, 0.2) is 58.6 Å². The van der Waals surface area contributed by atoms with Crippen LogP contribution in [0.2, 0.25) is 0 Å². The summed E-state index contributed by atoms with van der Waals surface area (Å²) in [7, 11) is 1.82. The zero-order chi connectivity index (χ0) is 15.7. The van der Waals surface area contributed by atoms with E-state index in [1.54, 1.807) is 5.01 Å². The maximum absolute atomic E-state index is 5.97. The number of hydrazone groups is 1. The number of aliphatic imine (C=N–C) groups is 1. The standard InChI is InChI=1S/C18H20N4/c1-12-4-8-14(9-5-12)16-17(21-22(3)18(19)20-16)15-10-6-13(2)7-11-15/h4-11,16H,1-3H3,(H2,19,20). The monoisotopic (exact) mass is 292 g/mol. The lowest BCUT2D eigenvalue weighted by Crippen LogP contribution is -2.36. The van der Waals surface area contributed by atoms with Crippen LogP contribution in [0.25, 0.3) is 0 Å². The summed E-state index contributed by atoms with van der Waals surface area (Å²) in [5, 5.41) is 6.26. The molecule has 0 radical (unpaired) electrons. The lowest BCUT2D eigenvalue weighted by atomic mass is 9.95. The van der Waals surface area contributed by atoms with Crippen LogP contribution in [0.3, 0.4) is 0 Å². The number of hydrogen-bond acceptors (Lipinski definition) is 4. The van der Waals surface area contributed by atoms with Crippen LogP contribution < -0.4 is 5.73 Å². The normalized spacial score (nSPS) is 18.0. The number of hydrogen-bond donors (Lipinski definition) is 1. The Kier molecular flexibility index (Phi) is 3.67. The summed E-state index contributed by atoms with van der Waals surface area (Å²) in [6, 6.07) is 16.5. The summed E-state index contributed by atoms with van der Waals surface area (Å²) < 4.78 is 0. The Morgan fingerprint density at radius 3 is 2.05 bits per heavy atom. The molecule has 3 rings (SSSR count). The molecular weight excluding hydrogens is 272 g/mol. The molecule has 2 aromatic carbocycles. The van der Waals surface area contributed by atoms with Crippen molar-refractivity contribution in [2.45, 2.75) is 19.9 Å². The largest absolute Gasteiger partial charge is 0.368 e. The first-order valence-electron chi connectivity index (χ1n) is 7.33. The van der Waals surface area contributed by atoms with Crippen LogP contribution >= 0.6 is 0 Å². The number of rotatable bonds is 2. The average Bonchev–Trinajstić information content (AvgIpc) is 2.51. The second kappa shape index (κ2) is 5.64. The van der Waals surface area contributed by atoms with Gasteiger partial charge in [0.2, 0.25) is 5.96 Å². The number of nitrogens with two attached hydrogens (primary N) is 1. The minimum absolute atomic E-state index is 0.167. The van der Waals surface area contributed by atoms with Gasteiger partial charge in [0.15, 0.2) is 0 Å². The van der Waals surface area contributed by atoms with E-state index in [1.165, 1.54) is 11.1 Å². The van der Waals surface area contributed by atoms with Crippen LogP contribution in [0, 0.1) is 13.8 Å². The molecule has 1 unspecified atom stereocenters. The van der Waals surface area contributed by atoms with Crippen LogP contribution in [0.5, 0.6) is 0 Å². The molecule has 4 heteroatoms. The third-order valence-electron chi connectivity index (χ3n) is 3.85. The Labute approximate surface area is 131 Å². The number of guanidine groups is 1. The van der Waals surface area contributed by atoms with Crippen molar-refractivity contribution in [3.05, 3.63) is 70.8 Å². The minimum atomic E-state index is -0.167. The van der Waals surface area contributed by atoms with Gasteiger partial charge in [0.25, 0.3) is 0 Å². The van der Waals surface area contributed by atoms with E-state index in [9.17, 15) is 0 Å². The fourth-order valence-corrected chi connectivity index (χ4v) is 2.47. The SMILES string of the molecule is Cc1ccc(C2=NN(C)C(N)=NC2c2ccc(C)cc2)cc1. The molecule has 0 aliphatic carbocycles. The summed E-state index contributed by atoms with van der Waals surface area (Å²) in [5.74, 6) is 0.432. The molecule has 1 atom stereocenters. The van der Waals surface area contributed by atoms with E-state index in [2.05, 4.69) is 72.5 Å². The van der Waals surface area contributed by atoms with Crippen LogP contribution in [0.4, 0.5) is 0 Å². The van der Waals surface area contributed by atoms with Gasteiger partial charge < -0.3 is 5.73 Å². The predicted octanol–water partition coefficient (Wildman–Crippen LogP) is 3.01. The van der Waals surface area contributed by atoms with Crippen LogP contribution in [0.1, 0.15) is 28.3 Å². The molecule has 22 heavy (non-hydrogen) atoms. The van der Waals surface area contributed by atoms with E-state index in [0.717, 1.165) is 16.8 Å². The van der Waals surface area contributed by atoms with Crippen molar-refractivity contribution in [1.29, 1.82) is 0 Å². The summed E-state index contributed by atoms with van der Waals surface area (Å²) in [6.45, 7) is 4.15. The van der Waals surface area contributed by atoms with E-state index >= 15 is 0 Å². The first-order chi connectivity index (χ1) is 10.5. The third-order valence-corrected chi connectivity index (χ3v) is 3.85. The zero-order valence-corrected chi connectivity index (χ0v) is 13.1. The smallest absolute Gasteiger partial charge is 0.212 e. The molecule has 0 spiro atoms. The number of benzene rings is 2. The minimum Gasteiger partial charge on any atom is -0.368 e. The quantitative estimate of drug-likeness (QED) is 0.925. The van der Waals surface area contributed by atoms with Gasteiger partial charge in [-0.25, -0.2) is 10.0 Å². The molecule has 4 nitrogen and oxygen atoms in total. The van der Waals surface area contributed by atoms with Gasteiger partial charge in [-0.1, -0.05) is 59.7 Å². The van der Waals surface area contributed by atoms with Crippen molar-refractivity contribution < 1.29 is 0 Å². The molecule has 2 N–H and O–H groups in total. The maximum atomic E-state index is 5.97. The molecule has 0 amide bonds. The number of nitrogens with zero attached hydrogens (tertiary/aromatic N) is 3. The molecule has 0 saturated carbocycles. The highest BCUT2D eigenvalue weighted by molar-refractivity contribution is 6.07. The van der Waals surface area contributed by atoms with Crippen molar-refractivity contribution >= 4 is 11.7 Å². The number of aryl methyl sites for hydroxylation is 2. The Morgan fingerprint density at radius 1 is 0.909 bits per heavy atom. The van der Waals surface area contributed by atoms with E-state index in [-0.39, 0.29) is 6.04 Å². The lowest BCUT2D eigenvalue weighted by Gasteiger charge is -2.26. The van der Waals surface area contributed by atoms with E-state index in [4.69, 9.17) is 5.73 Å². The molecule has 0 aromatic heterocycles. The van der Waals surface area contributed by atoms with Crippen molar-refractivity contribution in [3.8, 4) is 0 Å². The van der Waals surface area contributed by atoms with E-state index in [1.807, 2.05) is 7.05 Å². The first-order valence-corrected chi connectivity index (χ1v) is 7.33. The van der Waals surface area contributed by atoms with Gasteiger partial charge in [0, 0.05) is 12.6 Å². The van der Waals surface area contributed by atoms with Gasteiger partial charge in [-0.3, -0.25) is 0 Å². The van der Waals surface area contributed by atoms with E-state index in [0.29, 0.717) is 5.96 Å². The van der Waals surface area contributed by atoms with Gasteiger partial charge in [0.1, 0.15) is 6.04 Å². The third kappa shape index (κ3) is 2.72. The Bertz CT molecular complexity index is 727. The molecule has 1 heterocycles. The Balaban J connectivity index is 2.06. The first kappa shape index (κ1) is 14.3. The summed E-state index contributed by atoms with van der Waals surface area (Å²) in [6.07, 6.45) is 0. The average molecular weight is 292 g/mol. The molecular formula is C18H20N4. The fraction of sp³-hybridized carbons (Fsp3) is 0.222. The zero-order valence-electron chi connectivity index (χ0n) is 13.1. The Hall–Kier alpha value is -2.62. The van der Waals surface area contributed by atoms with Crippen LogP contribution in [-0.4, -0.2) is 23.7 Å². The topological polar surface area (TPSA) is 54.0 Å². The Morgan fingerprint density at radius 2 is 1.45 bits per heavy atom. The fourth-order valence-electron chi connectivity index (χ4n) is 2.47. The maximum Gasteiger partial charge on any atom is 0.212 e. The summed E-state index contributed by atoms with van der Waals surface area (Å²) in [5.41, 5.74) is 11.5. The highest BCUT2D eigenvalue weighted by atomic mass is 15.5. The summed E-state index contributed by atoms with van der Waals surface area (Å²) >= 11 is 0. The van der Waals surface area contributed by atoms with Crippen molar-refractivity contribution in [1.82, 2.24) is 5.01 Å². The molecule has 112 valence electrons.